The van der Waals surface area contributed by atoms with E-state index in [9.17, 15) is 14.7 Å². The van der Waals surface area contributed by atoms with E-state index in [4.69, 9.17) is 4.42 Å². The van der Waals surface area contributed by atoms with Crippen molar-refractivity contribution in [2.24, 2.45) is 11.3 Å². The quantitative estimate of drug-likeness (QED) is 0.827. The fraction of sp³-hybridized carbons (Fsp3) is 0.476. The molecule has 2 atom stereocenters. The Balaban J connectivity index is 1.29. The number of oxazole rings is 1. The molecule has 0 spiro atoms. The van der Waals surface area contributed by atoms with E-state index >= 15 is 0 Å². The van der Waals surface area contributed by atoms with Crippen molar-refractivity contribution >= 4 is 12.0 Å². The Hall–Kier alpha value is -2.83. The Morgan fingerprint density at radius 3 is 2.86 bits per heavy atom. The number of carboxylic acid groups (broad SMARTS) is 1. The zero-order chi connectivity index (χ0) is 19.7. The third kappa shape index (κ3) is 3.37. The number of carboxylic acids is 1. The van der Waals surface area contributed by atoms with E-state index in [1.807, 2.05) is 31.2 Å². The average Bonchev–Trinajstić information content (AvgIpc) is 3.36. The number of benzene rings is 1. The van der Waals surface area contributed by atoms with Gasteiger partial charge in [-0.15, -0.1) is 0 Å². The van der Waals surface area contributed by atoms with Crippen molar-refractivity contribution in [1.29, 1.82) is 0 Å². The van der Waals surface area contributed by atoms with Crippen molar-refractivity contribution in [2.75, 3.05) is 19.6 Å². The molecule has 1 aliphatic heterocycles. The third-order valence-corrected chi connectivity index (χ3v) is 6.09. The lowest BCUT2D eigenvalue weighted by Crippen LogP contribution is -2.42. The number of likely N-dealkylation sites (tertiary alicyclic amines) is 1. The van der Waals surface area contributed by atoms with Crippen LogP contribution in [0.4, 0.5) is 4.79 Å². The van der Waals surface area contributed by atoms with Crippen LogP contribution in [0, 0.1) is 18.3 Å². The van der Waals surface area contributed by atoms with Gasteiger partial charge >= 0.3 is 12.0 Å². The number of urea groups is 1. The maximum Gasteiger partial charge on any atom is 0.317 e. The van der Waals surface area contributed by atoms with Gasteiger partial charge in [0.2, 0.25) is 5.89 Å². The van der Waals surface area contributed by atoms with Gasteiger partial charge in [0.25, 0.3) is 0 Å². The Morgan fingerprint density at radius 2 is 2.14 bits per heavy atom. The Labute approximate surface area is 163 Å². The van der Waals surface area contributed by atoms with Crippen molar-refractivity contribution in [3.8, 4) is 11.5 Å². The number of hydrogen-bond donors (Lipinski definition) is 2. The second-order valence-corrected chi connectivity index (χ2v) is 7.92. The molecule has 1 aromatic carbocycles. The molecule has 1 saturated heterocycles. The summed E-state index contributed by atoms with van der Waals surface area (Å²) in [5.41, 5.74) is 2.13. The highest BCUT2D eigenvalue weighted by molar-refractivity contribution is 5.80. The number of aryl methyl sites for hydroxylation is 1. The van der Waals surface area contributed by atoms with Gasteiger partial charge in [0.1, 0.15) is 6.26 Å². The first-order valence-electron chi connectivity index (χ1n) is 9.75. The highest BCUT2D eigenvalue weighted by atomic mass is 16.4. The third-order valence-electron chi connectivity index (χ3n) is 6.09. The highest BCUT2D eigenvalue weighted by Crippen LogP contribution is 2.48. The monoisotopic (exact) mass is 383 g/mol. The number of aliphatic carboxylic acids is 1. The number of carbonyl (C=O) groups is 2. The van der Waals surface area contributed by atoms with E-state index in [0.717, 1.165) is 24.1 Å². The molecule has 4 rings (SSSR count). The van der Waals surface area contributed by atoms with Crippen LogP contribution in [-0.2, 0) is 11.2 Å². The standard InChI is InChI=1S/C21H25N3O4/c1-14-4-6-15(7-5-14)18-23-17(12-28-18)8-10-22-20(27)24-11-16-3-2-9-21(16,13-24)19(25)26/h4-7,12,16H,2-3,8-11,13H2,1H3,(H,22,27)(H,25,26)/t16-,21+/m0/s1. The molecule has 7 nitrogen and oxygen atoms in total. The zero-order valence-electron chi connectivity index (χ0n) is 16.0. The molecular weight excluding hydrogens is 358 g/mol. The topological polar surface area (TPSA) is 95.7 Å². The van der Waals surface area contributed by atoms with Crippen LogP contribution in [0.25, 0.3) is 11.5 Å². The number of aromatic nitrogens is 1. The summed E-state index contributed by atoms with van der Waals surface area (Å²) in [6.45, 7) is 3.29. The smallest absolute Gasteiger partial charge is 0.317 e. The van der Waals surface area contributed by atoms with Crippen LogP contribution in [0.15, 0.2) is 34.9 Å². The van der Waals surface area contributed by atoms with Gasteiger partial charge in [-0.1, -0.05) is 24.1 Å². The van der Waals surface area contributed by atoms with Crippen molar-refractivity contribution in [3.63, 3.8) is 0 Å². The average molecular weight is 383 g/mol. The van der Waals surface area contributed by atoms with Crippen molar-refractivity contribution in [3.05, 3.63) is 41.8 Å². The van der Waals surface area contributed by atoms with Crippen LogP contribution in [-0.4, -0.2) is 46.6 Å². The summed E-state index contributed by atoms with van der Waals surface area (Å²) < 4.78 is 5.54. The lowest BCUT2D eigenvalue weighted by atomic mass is 9.81. The summed E-state index contributed by atoms with van der Waals surface area (Å²) in [5.74, 6) is -0.128. The van der Waals surface area contributed by atoms with Gasteiger partial charge in [-0.2, -0.15) is 0 Å². The van der Waals surface area contributed by atoms with E-state index in [1.165, 1.54) is 5.56 Å². The van der Waals surface area contributed by atoms with Crippen molar-refractivity contribution in [2.45, 2.75) is 32.6 Å². The summed E-state index contributed by atoms with van der Waals surface area (Å²) in [4.78, 5) is 30.3. The maximum atomic E-state index is 12.5. The lowest BCUT2D eigenvalue weighted by molar-refractivity contribution is -0.149. The molecule has 2 fully saturated rings. The second-order valence-electron chi connectivity index (χ2n) is 7.92. The van der Waals surface area contributed by atoms with Gasteiger partial charge in [-0.05, 0) is 37.8 Å². The van der Waals surface area contributed by atoms with Gasteiger partial charge in [0.05, 0.1) is 11.1 Å². The maximum absolute atomic E-state index is 12.5. The number of nitrogens with one attached hydrogen (secondary N) is 1. The Bertz CT molecular complexity index is 876. The SMILES string of the molecule is Cc1ccc(-c2nc(CCNC(=O)N3C[C@@H]4CCC[C@@]4(C(=O)O)C3)co2)cc1. The Kier molecular flexibility index (Phi) is 4.83. The number of hydrogen-bond acceptors (Lipinski definition) is 4. The molecule has 2 N–H and O–H groups in total. The summed E-state index contributed by atoms with van der Waals surface area (Å²) >= 11 is 0. The second kappa shape index (κ2) is 7.30. The first kappa shape index (κ1) is 18.5. The fourth-order valence-electron chi connectivity index (χ4n) is 4.45. The first-order chi connectivity index (χ1) is 13.5. The minimum absolute atomic E-state index is 0.0726. The molecule has 1 aromatic heterocycles. The molecule has 2 aromatic rings. The molecule has 28 heavy (non-hydrogen) atoms. The number of fused-ring (bicyclic) bond motifs is 1. The minimum Gasteiger partial charge on any atom is -0.481 e. The van der Waals surface area contributed by atoms with E-state index in [0.29, 0.717) is 38.4 Å². The largest absolute Gasteiger partial charge is 0.481 e. The lowest BCUT2D eigenvalue weighted by Gasteiger charge is -2.23. The van der Waals surface area contributed by atoms with Crippen LogP contribution in [0.5, 0.6) is 0 Å². The number of carbonyl (C=O) groups excluding carboxylic acids is 1. The van der Waals surface area contributed by atoms with Gasteiger partial charge in [0, 0.05) is 31.6 Å². The number of amides is 2. The van der Waals surface area contributed by atoms with Gasteiger partial charge in [-0.3, -0.25) is 4.79 Å². The molecule has 2 heterocycles. The van der Waals surface area contributed by atoms with Crippen LogP contribution < -0.4 is 5.32 Å². The molecule has 0 radical (unpaired) electrons. The van der Waals surface area contributed by atoms with E-state index < -0.39 is 11.4 Å². The summed E-state index contributed by atoms with van der Waals surface area (Å²) in [7, 11) is 0. The summed E-state index contributed by atoms with van der Waals surface area (Å²) in [6.07, 6.45) is 4.65. The van der Waals surface area contributed by atoms with E-state index in [2.05, 4.69) is 10.3 Å². The molecule has 0 bridgehead atoms. The van der Waals surface area contributed by atoms with Crippen LogP contribution in [0.1, 0.15) is 30.5 Å². The predicted molar refractivity (Wildman–Crippen MR) is 103 cm³/mol. The van der Waals surface area contributed by atoms with Crippen molar-refractivity contribution in [1.82, 2.24) is 15.2 Å². The molecule has 2 aliphatic rings. The first-order valence-corrected chi connectivity index (χ1v) is 9.75. The molecule has 0 unspecified atom stereocenters. The highest BCUT2D eigenvalue weighted by Gasteiger charge is 2.55. The number of nitrogens with zero attached hydrogens (tertiary/aromatic N) is 2. The van der Waals surface area contributed by atoms with Gasteiger partial charge in [-0.25, -0.2) is 9.78 Å². The molecule has 1 aliphatic carbocycles. The molecule has 2 amide bonds. The number of rotatable bonds is 5. The fourth-order valence-corrected chi connectivity index (χ4v) is 4.45. The zero-order valence-corrected chi connectivity index (χ0v) is 16.0. The molecule has 1 saturated carbocycles. The van der Waals surface area contributed by atoms with E-state index in [-0.39, 0.29) is 11.9 Å². The van der Waals surface area contributed by atoms with Gasteiger partial charge < -0.3 is 19.7 Å². The molecular formula is C21H25N3O4. The molecule has 7 heteroatoms. The normalized spacial score (nSPS) is 23.6. The van der Waals surface area contributed by atoms with E-state index in [1.54, 1.807) is 11.2 Å². The summed E-state index contributed by atoms with van der Waals surface area (Å²) in [6, 6.07) is 7.76. The minimum atomic E-state index is -0.767. The van der Waals surface area contributed by atoms with Crippen molar-refractivity contribution < 1.29 is 19.1 Å². The Morgan fingerprint density at radius 1 is 1.36 bits per heavy atom. The van der Waals surface area contributed by atoms with Gasteiger partial charge in [0.15, 0.2) is 0 Å². The van der Waals surface area contributed by atoms with Crippen LogP contribution in [0.2, 0.25) is 0 Å². The van der Waals surface area contributed by atoms with Crippen LogP contribution in [0.3, 0.4) is 0 Å². The summed E-state index contributed by atoms with van der Waals surface area (Å²) in [5, 5.41) is 12.5. The molecule has 148 valence electrons. The predicted octanol–water partition coefficient (Wildman–Crippen LogP) is 3.09. The van der Waals surface area contributed by atoms with Crippen LogP contribution >= 0.6 is 0 Å².